The van der Waals surface area contributed by atoms with Gasteiger partial charge in [-0.15, -0.1) is 0 Å². The van der Waals surface area contributed by atoms with Crippen molar-refractivity contribution in [2.75, 3.05) is 0 Å². The van der Waals surface area contributed by atoms with Crippen LogP contribution >= 0.6 is 0 Å². The van der Waals surface area contributed by atoms with Gasteiger partial charge >= 0.3 is 0 Å². The van der Waals surface area contributed by atoms with Crippen molar-refractivity contribution >= 4 is 302 Å². The van der Waals surface area contributed by atoms with Gasteiger partial charge in [-0.2, -0.15) is 0 Å². The molecule has 29 aromatic carbocycles. The Kier molecular flexibility index (Phi) is 2.20. The fourth-order valence-electron chi connectivity index (χ4n) is 25.7. The number of nitro benzene ring substituents is 1. The van der Waals surface area contributed by atoms with Gasteiger partial charge in [0.25, 0.3) is 5.69 Å². The van der Waals surface area contributed by atoms with Crippen LogP contribution < -0.4 is 0 Å². The van der Waals surface area contributed by atoms with Crippen LogP contribution in [-0.2, 0) is 10.8 Å². The van der Waals surface area contributed by atoms with E-state index in [9.17, 15) is 10.1 Å². The van der Waals surface area contributed by atoms with Crippen molar-refractivity contribution in [1.82, 2.24) is 0 Å². The fraction of sp³-hybridized carbons (Fsp3) is 0.0441. The lowest BCUT2D eigenvalue weighted by Crippen LogP contribution is -2.27. The minimum Gasteiger partial charge on any atom is -0.294 e. The molecule has 0 saturated heterocycles. The number of hydrogen-bond donors (Lipinski definition) is 0. The van der Waals surface area contributed by atoms with Crippen molar-refractivity contribution in [3.05, 3.63) is 62.2 Å². The molecule has 4 nitrogen and oxygen atoms in total. The molecule has 0 N–H and O–H groups in total. The van der Waals surface area contributed by atoms with Gasteiger partial charge in [-0.25, -0.2) is 0 Å². The van der Waals surface area contributed by atoms with E-state index in [4.69, 9.17) is 0 Å². The third kappa shape index (κ3) is 1.38. The molecule has 0 amide bonds. The molecule has 72 heavy (non-hydrogen) atoms. The van der Waals surface area contributed by atoms with E-state index < -0.39 is 10.8 Å². The molecule has 0 radical (unpaired) electrons. The first-order chi connectivity index (χ1) is 35.7. The lowest BCUT2D eigenvalue weighted by atomic mass is 9.68. The van der Waals surface area contributed by atoms with E-state index in [2.05, 4.69) is 0 Å². The number of nitro groups is 1. The predicted octanol–water partition coefficient (Wildman–Crippen LogP) is 17.7. The van der Waals surface area contributed by atoms with E-state index >= 15 is 4.79 Å². The highest BCUT2D eigenvalue weighted by Crippen LogP contribution is 2.92. The van der Waals surface area contributed by atoms with Crippen LogP contribution in [0.2, 0.25) is 0 Å². The number of hydrogen-bond acceptors (Lipinski definition) is 3. The molecule has 5 aliphatic carbocycles. The molecule has 34 rings (SSSR count). The van der Waals surface area contributed by atoms with Gasteiger partial charge in [0, 0.05) is 28.5 Å². The van der Waals surface area contributed by atoms with Gasteiger partial charge in [0.05, 0.1) is 10.8 Å². The van der Waals surface area contributed by atoms with Gasteiger partial charge in [-0.1, -0.05) is 0 Å². The summed E-state index contributed by atoms with van der Waals surface area (Å²) in [6.07, 6.45) is 0. The van der Waals surface area contributed by atoms with Crippen LogP contribution in [-0.4, -0.2) is 10.7 Å². The van der Waals surface area contributed by atoms with Gasteiger partial charge in [-0.05, 0) is 325 Å². The number of carbonyl (C=O) groups is 1. The highest BCUT2D eigenvalue weighted by atomic mass is 16.6. The summed E-state index contributed by atoms with van der Waals surface area (Å²) in [6.45, 7) is 0. The van der Waals surface area contributed by atoms with Crippen molar-refractivity contribution in [3.63, 3.8) is 0 Å². The van der Waals surface area contributed by atoms with Crippen LogP contribution in [0.1, 0.15) is 32.6 Å². The topological polar surface area (TPSA) is 60.2 Å². The largest absolute Gasteiger partial charge is 0.294 e. The molecule has 0 aliphatic heterocycles. The SMILES string of the molecule is O=C(c1ccc([N+](=O)[O-])cc1)C1C23c4c5c6c7c8c9c(c%10c%11c2c2c4c4c%12c5c5c6c6c8c8c%13c9c9c%10c%10c%11c%11c2c2c4c4c%12c%12c5c5c6c8c6c8c%13c9c9c%10c%10c%11c2c2c4c4c%12c5c6c5c8c9c%10c2c45)C713. The molecule has 1 saturated carbocycles. The van der Waals surface area contributed by atoms with Crippen molar-refractivity contribution in [2.45, 2.75) is 10.8 Å². The first-order valence-corrected chi connectivity index (χ1v) is 26.2. The molecule has 29 aromatic rings. The van der Waals surface area contributed by atoms with Crippen molar-refractivity contribution in [1.29, 1.82) is 0 Å². The normalized spacial score (nSPS) is 22.9. The summed E-state index contributed by atoms with van der Waals surface area (Å²) >= 11 is 0. The van der Waals surface area contributed by atoms with Crippen molar-refractivity contribution < 1.29 is 9.72 Å². The average molecular weight is 884 g/mol. The van der Waals surface area contributed by atoms with Gasteiger partial charge in [0.1, 0.15) is 0 Å². The number of rotatable bonds is 3. The standard InChI is InChI=1S/C68H5NO3/c70-65(5-1-3-6(4-2-5)69(71)72)66-67-61-53-45-35-25-17-9-7-8-11-15-13(9)21-29-23(15)33-27-19(11)20-12(8)16-14-10(7)18(17)26-32-22(14)30-24(16)34-28(20)38-37(27)47-41(33)51-43(29)49(39(45)31(21)25)57(61)59(51)63-55(47)56-48(38)42(34)52-44(30)50-40(32)46(36(26)35)54(53)62(67)58(50)60(52)64(56)68(63,66)67/h1-4,66H. The quantitative estimate of drug-likeness (QED) is 0.0769. The smallest absolute Gasteiger partial charge is 0.269 e. The summed E-state index contributed by atoms with van der Waals surface area (Å²) in [5, 5.41) is 95.8. The zero-order chi connectivity index (χ0) is 43.2. The molecule has 0 aromatic heterocycles. The number of carbonyl (C=O) groups excluding carboxylic acids is 1. The van der Waals surface area contributed by atoms with Gasteiger partial charge in [0.2, 0.25) is 0 Å². The summed E-state index contributed by atoms with van der Waals surface area (Å²) in [7, 11) is 0. The summed E-state index contributed by atoms with van der Waals surface area (Å²) in [5.41, 5.74) is 5.44. The first kappa shape index (κ1) is 26.7. The molecule has 300 valence electrons. The Morgan fingerprint density at radius 2 is 0.431 bits per heavy atom. The Balaban J connectivity index is 1.11. The second-order valence-corrected chi connectivity index (χ2v) is 26.0. The molecule has 2 spiro atoms. The maximum absolute atomic E-state index is 16.8. The minimum atomic E-state index is -0.600. The van der Waals surface area contributed by atoms with E-state index in [1.165, 1.54) is 108 Å². The van der Waals surface area contributed by atoms with Crippen molar-refractivity contribution in [3.8, 4) is 0 Å². The second-order valence-electron chi connectivity index (χ2n) is 26.0. The highest BCUT2D eigenvalue weighted by Gasteiger charge is 2.88. The summed E-state index contributed by atoms with van der Waals surface area (Å²) in [5.74, 6) is -0.208. The number of Topliss-reactive ketones (excluding diaryl/α,β-unsaturated/α-hetero) is 1. The molecular formula is C68H5NO3. The molecule has 1 fully saturated rings. The van der Waals surface area contributed by atoms with E-state index in [-0.39, 0.29) is 22.3 Å². The lowest BCUT2D eigenvalue weighted by molar-refractivity contribution is -0.384. The zero-order valence-corrected chi connectivity index (χ0v) is 36.1. The maximum Gasteiger partial charge on any atom is 0.269 e. The summed E-state index contributed by atoms with van der Waals surface area (Å²) in [4.78, 5) is 28.7. The number of non-ortho nitro benzene ring substituents is 1. The molecule has 0 atom stereocenters. The van der Waals surface area contributed by atoms with Crippen LogP contribution in [0, 0.1) is 16.0 Å². The molecule has 4 heteroatoms. The van der Waals surface area contributed by atoms with Gasteiger partial charge in [0.15, 0.2) is 5.78 Å². The Morgan fingerprint density at radius 1 is 0.278 bits per heavy atom. The third-order valence-corrected chi connectivity index (χ3v) is 25.9. The Labute approximate surface area is 389 Å². The fourth-order valence-corrected chi connectivity index (χ4v) is 25.7. The number of benzene rings is 19. The minimum absolute atomic E-state index is 0.0355. The second kappa shape index (κ2) is 5.95. The Bertz CT molecular complexity index is 7010. The molecular weight excluding hydrogens is 879 g/mol. The molecule has 0 unspecified atom stereocenters. The van der Waals surface area contributed by atoms with Crippen LogP contribution in [0.3, 0.4) is 0 Å². The Hall–Kier alpha value is -9.25. The molecule has 0 heterocycles. The van der Waals surface area contributed by atoms with Crippen LogP contribution in [0.25, 0.3) is 291 Å². The summed E-state index contributed by atoms with van der Waals surface area (Å²) in [6, 6.07) is 6.77. The highest BCUT2D eigenvalue weighted by molar-refractivity contribution is 6.82. The Morgan fingerprint density at radius 3 is 0.583 bits per heavy atom. The third-order valence-electron chi connectivity index (χ3n) is 25.9. The van der Waals surface area contributed by atoms with Crippen LogP contribution in [0.15, 0.2) is 24.3 Å². The lowest BCUT2D eigenvalue weighted by Gasteiger charge is -2.32. The molecule has 0 bridgehead atoms. The van der Waals surface area contributed by atoms with Crippen molar-refractivity contribution in [2.24, 2.45) is 5.92 Å². The van der Waals surface area contributed by atoms with E-state index in [1.807, 2.05) is 0 Å². The monoisotopic (exact) mass is 883 g/mol. The predicted molar refractivity (Wildman–Crippen MR) is 295 cm³/mol. The van der Waals surface area contributed by atoms with E-state index in [1.54, 1.807) is 229 Å². The summed E-state index contributed by atoms with van der Waals surface area (Å²) < 4.78 is 0. The van der Waals surface area contributed by atoms with Gasteiger partial charge in [-0.3, -0.25) is 14.9 Å². The van der Waals surface area contributed by atoms with E-state index in [0.29, 0.717) is 5.56 Å². The molecule has 5 aliphatic rings. The maximum atomic E-state index is 16.8. The van der Waals surface area contributed by atoms with Gasteiger partial charge < -0.3 is 0 Å². The first-order valence-electron chi connectivity index (χ1n) is 26.2. The van der Waals surface area contributed by atoms with Crippen LogP contribution in [0.4, 0.5) is 5.69 Å². The average Bonchev–Trinajstić information content (AvgIpc) is 4.44. The van der Waals surface area contributed by atoms with Crippen LogP contribution in [0.5, 0.6) is 0 Å². The number of ketones is 1. The van der Waals surface area contributed by atoms with E-state index in [0.717, 1.165) is 0 Å². The zero-order valence-electron chi connectivity index (χ0n) is 36.1. The number of nitrogens with zero attached hydrogens (tertiary/aromatic N) is 1.